The molecule has 146 valence electrons. The van der Waals surface area contributed by atoms with Gasteiger partial charge in [0.2, 0.25) is 5.91 Å². The Bertz CT molecular complexity index is 540. The monoisotopic (exact) mass is 381 g/mol. The van der Waals surface area contributed by atoms with Crippen molar-refractivity contribution in [2.75, 3.05) is 25.0 Å². The largest absolute Gasteiger partial charge is 0.339 e. The maximum atomic E-state index is 12.5. The number of nitrogens with zero attached hydrogens (tertiary/aromatic N) is 1. The first-order chi connectivity index (χ1) is 12.2. The molecule has 26 heavy (non-hydrogen) atoms. The summed E-state index contributed by atoms with van der Waals surface area (Å²) in [5.74, 6) is 0.124. The number of anilines is 1. The average molecular weight is 382 g/mol. The first-order valence-electron chi connectivity index (χ1n) is 9.60. The summed E-state index contributed by atoms with van der Waals surface area (Å²) in [7, 11) is 0. The Kier molecular flexibility index (Phi) is 11.0. The lowest BCUT2D eigenvalue weighted by atomic mass is 10.1. The molecule has 0 spiro atoms. The van der Waals surface area contributed by atoms with Gasteiger partial charge >= 0.3 is 0 Å². The number of rotatable bonds is 8. The highest BCUT2D eigenvalue weighted by Crippen LogP contribution is 2.16. The number of benzene rings is 1. The molecule has 0 radical (unpaired) electrons. The van der Waals surface area contributed by atoms with E-state index in [0.717, 1.165) is 57.3 Å². The molecular formula is C20H32ClN3O2. The highest BCUT2D eigenvalue weighted by Gasteiger charge is 2.17. The smallest absolute Gasteiger partial charge is 0.253 e. The summed E-state index contributed by atoms with van der Waals surface area (Å²) >= 11 is 0. The van der Waals surface area contributed by atoms with Gasteiger partial charge in [-0.25, -0.2) is 0 Å². The molecule has 6 heteroatoms. The predicted octanol–water partition coefficient (Wildman–Crippen LogP) is 3.97. The molecule has 2 amide bonds. The molecule has 1 aliphatic rings. The molecule has 1 saturated heterocycles. The van der Waals surface area contributed by atoms with Crippen molar-refractivity contribution >= 4 is 29.9 Å². The van der Waals surface area contributed by atoms with Gasteiger partial charge in [-0.15, -0.1) is 12.4 Å². The van der Waals surface area contributed by atoms with Gasteiger partial charge in [0.05, 0.1) is 0 Å². The molecule has 0 atom stereocenters. The summed E-state index contributed by atoms with van der Waals surface area (Å²) in [5.41, 5.74) is 6.90. The first kappa shape index (κ1) is 22.5. The zero-order chi connectivity index (χ0) is 17.9. The van der Waals surface area contributed by atoms with E-state index in [1.807, 2.05) is 29.2 Å². The number of unbranched alkanes of at least 4 members (excludes halogenated alkanes) is 3. The van der Waals surface area contributed by atoms with Crippen molar-refractivity contribution in [3.63, 3.8) is 0 Å². The number of amides is 2. The summed E-state index contributed by atoms with van der Waals surface area (Å²) in [5, 5.41) is 2.90. The van der Waals surface area contributed by atoms with E-state index in [2.05, 4.69) is 5.32 Å². The third-order valence-electron chi connectivity index (χ3n) is 4.67. The van der Waals surface area contributed by atoms with E-state index in [1.54, 1.807) is 0 Å². The van der Waals surface area contributed by atoms with Gasteiger partial charge < -0.3 is 16.0 Å². The lowest BCUT2D eigenvalue weighted by Gasteiger charge is -2.20. The molecule has 0 unspecified atom stereocenters. The Labute approximate surface area is 163 Å². The number of halogens is 1. The Morgan fingerprint density at radius 1 is 0.923 bits per heavy atom. The number of nitrogens with one attached hydrogen (secondary N) is 1. The van der Waals surface area contributed by atoms with Crippen molar-refractivity contribution in [1.29, 1.82) is 0 Å². The van der Waals surface area contributed by atoms with Crippen molar-refractivity contribution in [3.8, 4) is 0 Å². The maximum absolute atomic E-state index is 12.5. The van der Waals surface area contributed by atoms with E-state index in [0.29, 0.717) is 18.5 Å². The third-order valence-corrected chi connectivity index (χ3v) is 4.67. The summed E-state index contributed by atoms with van der Waals surface area (Å²) in [4.78, 5) is 26.4. The number of carbonyl (C=O) groups is 2. The fourth-order valence-corrected chi connectivity index (χ4v) is 3.16. The fourth-order valence-electron chi connectivity index (χ4n) is 3.16. The minimum Gasteiger partial charge on any atom is -0.339 e. The summed E-state index contributed by atoms with van der Waals surface area (Å²) in [6.45, 7) is 2.41. The van der Waals surface area contributed by atoms with E-state index < -0.39 is 0 Å². The van der Waals surface area contributed by atoms with Crippen molar-refractivity contribution < 1.29 is 9.59 Å². The quantitative estimate of drug-likeness (QED) is 0.669. The van der Waals surface area contributed by atoms with Gasteiger partial charge in [-0.2, -0.15) is 0 Å². The van der Waals surface area contributed by atoms with Crippen LogP contribution in [0.15, 0.2) is 24.3 Å². The van der Waals surface area contributed by atoms with E-state index in [1.165, 1.54) is 12.8 Å². The molecular weight excluding hydrogens is 350 g/mol. The molecule has 1 aromatic rings. The molecule has 1 aromatic carbocycles. The van der Waals surface area contributed by atoms with Crippen LogP contribution in [0.1, 0.15) is 68.1 Å². The van der Waals surface area contributed by atoms with Gasteiger partial charge in [0.25, 0.3) is 5.91 Å². The van der Waals surface area contributed by atoms with E-state index in [4.69, 9.17) is 5.73 Å². The molecule has 0 bridgehead atoms. The Hall–Kier alpha value is -1.59. The molecule has 0 aliphatic carbocycles. The summed E-state index contributed by atoms with van der Waals surface area (Å²) in [6.07, 6.45) is 9.15. The predicted molar refractivity (Wildman–Crippen MR) is 109 cm³/mol. The molecule has 0 saturated carbocycles. The summed E-state index contributed by atoms with van der Waals surface area (Å²) < 4.78 is 0. The molecule has 1 fully saturated rings. The minimum absolute atomic E-state index is 0. The number of carbonyl (C=O) groups excluding carboxylic acids is 2. The summed E-state index contributed by atoms with van der Waals surface area (Å²) in [6, 6.07) is 7.25. The molecule has 2 rings (SSSR count). The van der Waals surface area contributed by atoms with Crippen LogP contribution in [0.2, 0.25) is 0 Å². The van der Waals surface area contributed by atoms with Crippen LogP contribution in [-0.4, -0.2) is 36.3 Å². The Balaban J connectivity index is 0.00000338. The maximum Gasteiger partial charge on any atom is 0.253 e. The van der Waals surface area contributed by atoms with Gasteiger partial charge in [-0.3, -0.25) is 9.59 Å². The van der Waals surface area contributed by atoms with Gasteiger partial charge in [0.15, 0.2) is 0 Å². The minimum atomic E-state index is 0. The van der Waals surface area contributed by atoms with Gasteiger partial charge in [0.1, 0.15) is 0 Å². The molecule has 5 nitrogen and oxygen atoms in total. The van der Waals surface area contributed by atoms with Crippen molar-refractivity contribution in [2.45, 2.75) is 57.8 Å². The Morgan fingerprint density at radius 2 is 1.54 bits per heavy atom. The van der Waals surface area contributed by atoms with Crippen LogP contribution in [0.25, 0.3) is 0 Å². The number of hydrogen-bond donors (Lipinski definition) is 2. The van der Waals surface area contributed by atoms with Crippen molar-refractivity contribution in [1.82, 2.24) is 4.90 Å². The molecule has 1 heterocycles. The standard InChI is InChI=1S/C20H31N3O2.ClH/c21-14-6-2-1-5-9-19(24)22-18-12-10-17(11-13-18)20(25)23-15-7-3-4-8-16-23;/h10-13H,1-9,14-16,21H2,(H,22,24);1H. The molecule has 1 aliphatic heterocycles. The van der Waals surface area contributed by atoms with E-state index >= 15 is 0 Å². The van der Waals surface area contributed by atoms with Crippen LogP contribution >= 0.6 is 12.4 Å². The normalized spacial score (nSPS) is 14.3. The first-order valence-corrected chi connectivity index (χ1v) is 9.60. The van der Waals surface area contributed by atoms with Crippen LogP contribution < -0.4 is 11.1 Å². The number of likely N-dealkylation sites (tertiary alicyclic amines) is 1. The second-order valence-electron chi connectivity index (χ2n) is 6.78. The number of nitrogens with two attached hydrogens (primary N) is 1. The van der Waals surface area contributed by atoms with Crippen LogP contribution in [0, 0.1) is 0 Å². The van der Waals surface area contributed by atoms with Crippen molar-refractivity contribution in [3.05, 3.63) is 29.8 Å². The van der Waals surface area contributed by atoms with Gasteiger partial charge in [0, 0.05) is 30.8 Å². The van der Waals surface area contributed by atoms with Gasteiger partial charge in [-0.1, -0.05) is 25.7 Å². The molecule has 0 aromatic heterocycles. The fraction of sp³-hybridized carbons (Fsp3) is 0.600. The highest BCUT2D eigenvalue weighted by molar-refractivity contribution is 5.95. The second kappa shape index (κ2) is 12.7. The highest BCUT2D eigenvalue weighted by atomic mass is 35.5. The molecule has 3 N–H and O–H groups in total. The zero-order valence-corrected chi connectivity index (χ0v) is 16.4. The van der Waals surface area contributed by atoms with Crippen LogP contribution in [0.3, 0.4) is 0 Å². The van der Waals surface area contributed by atoms with E-state index in [9.17, 15) is 9.59 Å². The SMILES string of the molecule is Cl.NCCCCCCC(=O)Nc1ccc(C(=O)N2CCCCCC2)cc1. The zero-order valence-electron chi connectivity index (χ0n) is 15.5. The topological polar surface area (TPSA) is 75.4 Å². The average Bonchev–Trinajstić information content (AvgIpc) is 2.91. The van der Waals surface area contributed by atoms with Crippen LogP contribution in [0.4, 0.5) is 5.69 Å². The third kappa shape index (κ3) is 7.75. The lowest BCUT2D eigenvalue weighted by molar-refractivity contribution is -0.116. The van der Waals surface area contributed by atoms with Crippen molar-refractivity contribution in [2.24, 2.45) is 5.73 Å². The van der Waals surface area contributed by atoms with Crippen LogP contribution in [-0.2, 0) is 4.79 Å². The lowest BCUT2D eigenvalue weighted by Crippen LogP contribution is -2.31. The van der Waals surface area contributed by atoms with Crippen LogP contribution in [0.5, 0.6) is 0 Å². The van der Waals surface area contributed by atoms with E-state index in [-0.39, 0.29) is 24.2 Å². The number of hydrogen-bond acceptors (Lipinski definition) is 3. The Morgan fingerprint density at radius 3 is 2.15 bits per heavy atom. The van der Waals surface area contributed by atoms with Gasteiger partial charge in [-0.05, 0) is 56.5 Å². The second-order valence-corrected chi connectivity index (χ2v) is 6.78.